The lowest BCUT2D eigenvalue weighted by Crippen LogP contribution is -2.29. The highest BCUT2D eigenvalue weighted by Crippen LogP contribution is 2.43. The molecule has 2 aromatic carbocycles. The molecular weight excluding hydrogens is 410 g/mol. The van der Waals surface area contributed by atoms with Crippen LogP contribution in [0.3, 0.4) is 0 Å². The Morgan fingerprint density at radius 3 is 2.50 bits per heavy atom. The van der Waals surface area contributed by atoms with Crippen molar-refractivity contribution in [3.8, 4) is 11.5 Å². The van der Waals surface area contributed by atoms with Crippen molar-refractivity contribution in [2.45, 2.75) is 19.9 Å². The predicted molar refractivity (Wildman–Crippen MR) is 119 cm³/mol. The minimum atomic E-state index is -0.938. The van der Waals surface area contributed by atoms with Gasteiger partial charge in [-0.15, -0.1) is 0 Å². The van der Waals surface area contributed by atoms with E-state index in [-0.39, 0.29) is 11.3 Å². The minimum absolute atomic E-state index is 0.0561. The van der Waals surface area contributed by atoms with Gasteiger partial charge in [0.25, 0.3) is 11.7 Å². The maximum atomic E-state index is 13.2. The zero-order valence-corrected chi connectivity index (χ0v) is 18.0. The minimum Gasteiger partial charge on any atom is -0.507 e. The standard InChI is InChI=1S/C25H23NO6/c1-4-31-19-10-6-8-17(14-19)26-22(20-12-11-15(2)32-20)21(24(28)25(26)29)23(27)16-7-5-9-18(13-16)30-3/h5-14,22,27H,4H2,1-3H3/b23-21-. The van der Waals surface area contributed by atoms with Crippen molar-refractivity contribution in [2.24, 2.45) is 0 Å². The number of carbonyl (C=O) groups is 2. The van der Waals surface area contributed by atoms with Crippen molar-refractivity contribution >= 4 is 23.1 Å². The van der Waals surface area contributed by atoms with E-state index in [0.717, 1.165) is 0 Å². The van der Waals surface area contributed by atoms with E-state index in [1.165, 1.54) is 12.0 Å². The van der Waals surface area contributed by atoms with Crippen LogP contribution in [0.2, 0.25) is 0 Å². The highest BCUT2D eigenvalue weighted by molar-refractivity contribution is 6.51. The van der Waals surface area contributed by atoms with E-state index < -0.39 is 17.7 Å². The molecule has 1 saturated heterocycles. The van der Waals surface area contributed by atoms with Gasteiger partial charge in [0.05, 0.1) is 19.3 Å². The molecule has 1 fully saturated rings. The number of nitrogens with zero attached hydrogens (tertiary/aromatic N) is 1. The van der Waals surface area contributed by atoms with Gasteiger partial charge < -0.3 is 19.0 Å². The summed E-state index contributed by atoms with van der Waals surface area (Å²) in [6, 6.07) is 16.1. The second-order valence-corrected chi connectivity index (χ2v) is 7.28. The van der Waals surface area contributed by atoms with E-state index in [9.17, 15) is 14.7 Å². The number of hydrogen-bond donors (Lipinski definition) is 1. The number of aliphatic hydroxyl groups excluding tert-OH is 1. The lowest BCUT2D eigenvalue weighted by molar-refractivity contribution is -0.132. The molecule has 0 bridgehead atoms. The van der Waals surface area contributed by atoms with Crippen LogP contribution in [0.5, 0.6) is 11.5 Å². The molecule has 0 saturated carbocycles. The smallest absolute Gasteiger partial charge is 0.300 e. The number of amides is 1. The first kappa shape index (κ1) is 21.2. The Morgan fingerprint density at radius 2 is 1.81 bits per heavy atom. The normalized spacial score (nSPS) is 17.6. The number of ketones is 1. The Labute approximate surface area is 185 Å². The van der Waals surface area contributed by atoms with Crippen LogP contribution in [0.1, 0.15) is 30.0 Å². The number of carbonyl (C=O) groups excluding carboxylic acids is 2. The highest BCUT2D eigenvalue weighted by Gasteiger charge is 2.48. The van der Waals surface area contributed by atoms with Gasteiger partial charge in [-0.3, -0.25) is 14.5 Å². The molecule has 0 aliphatic carbocycles. The topological polar surface area (TPSA) is 89.2 Å². The average molecular weight is 433 g/mol. The molecule has 1 aromatic heterocycles. The van der Waals surface area contributed by atoms with Gasteiger partial charge in [0.15, 0.2) is 0 Å². The number of rotatable bonds is 6. The summed E-state index contributed by atoms with van der Waals surface area (Å²) in [5, 5.41) is 11.1. The molecule has 3 aromatic rings. The molecule has 1 amide bonds. The number of ether oxygens (including phenoxy) is 2. The number of Topliss-reactive ketones (excluding diaryl/α,β-unsaturated/α-hetero) is 1. The van der Waals surface area contributed by atoms with Crippen LogP contribution in [0.25, 0.3) is 5.76 Å². The summed E-state index contributed by atoms with van der Waals surface area (Å²) >= 11 is 0. The summed E-state index contributed by atoms with van der Waals surface area (Å²) in [6.45, 7) is 4.09. The summed E-state index contributed by atoms with van der Waals surface area (Å²) in [6.07, 6.45) is 0. The largest absolute Gasteiger partial charge is 0.507 e. The molecule has 4 rings (SSSR count). The second-order valence-electron chi connectivity index (χ2n) is 7.28. The van der Waals surface area contributed by atoms with E-state index in [1.54, 1.807) is 67.6 Å². The third-order valence-corrected chi connectivity index (χ3v) is 5.23. The summed E-state index contributed by atoms with van der Waals surface area (Å²) in [4.78, 5) is 27.6. The molecule has 1 atom stereocenters. The molecule has 1 unspecified atom stereocenters. The van der Waals surface area contributed by atoms with Crippen LogP contribution in [-0.2, 0) is 9.59 Å². The fraction of sp³-hybridized carbons (Fsp3) is 0.200. The first-order chi connectivity index (χ1) is 15.4. The molecule has 164 valence electrons. The SMILES string of the molecule is CCOc1cccc(N2C(=O)C(=O)/C(=C(\O)c3cccc(OC)c3)C2c2ccc(C)o2)c1. The van der Waals surface area contributed by atoms with Gasteiger partial charge in [-0.1, -0.05) is 18.2 Å². The van der Waals surface area contributed by atoms with Gasteiger partial charge in [-0.25, -0.2) is 0 Å². The molecule has 7 nitrogen and oxygen atoms in total. The van der Waals surface area contributed by atoms with E-state index >= 15 is 0 Å². The van der Waals surface area contributed by atoms with Crippen molar-refractivity contribution in [1.82, 2.24) is 0 Å². The molecule has 1 aliphatic rings. The fourth-order valence-electron chi connectivity index (χ4n) is 3.78. The Balaban J connectivity index is 1.91. The van der Waals surface area contributed by atoms with Crippen molar-refractivity contribution in [2.75, 3.05) is 18.6 Å². The van der Waals surface area contributed by atoms with Gasteiger partial charge in [0.2, 0.25) is 0 Å². The first-order valence-corrected chi connectivity index (χ1v) is 10.2. The molecule has 32 heavy (non-hydrogen) atoms. The van der Waals surface area contributed by atoms with Gasteiger partial charge in [-0.2, -0.15) is 0 Å². The maximum Gasteiger partial charge on any atom is 0.300 e. The lowest BCUT2D eigenvalue weighted by atomic mass is 9.99. The number of aryl methyl sites for hydroxylation is 1. The molecule has 1 N–H and O–H groups in total. The van der Waals surface area contributed by atoms with Crippen LogP contribution < -0.4 is 14.4 Å². The first-order valence-electron chi connectivity index (χ1n) is 10.2. The van der Waals surface area contributed by atoms with Crippen LogP contribution in [0.4, 0.5) is 5.69 Å². The summed E-state index contributed by atoms with van der Waals surface area (Å²) in [5.74, 6) is 0.202. The van der Waals surface area contributed by atoms with E-state index in [1.807, 2.05) is 6.92 Å². The predicted octanol–water partition coefficient (Wildman–Crippen LogP) is 4.62. The third-order valence-electron chi connectivity index (χ3n) is 5.23. The van der Waals surface area contributed by atoms with Gasteiger partial charge in [0.1, 0.15) is 34.8 Å². The highest BCUT2D eigenvalue weighted by atomic mass is 16.5. The van der Waals surface area contributed by atoms with Crippen molar-refractivity contribution in [1.29, 1.82) is 0 Å². The van der Waals surface area contributed by atoms with Gasteiger partial charge in [-0.05, 0) is 50.2 Å². The Morgan fingerprint density at radius 1 is 1.06 bits per heavy atom. The quantitative estimate of drug-likeness (QED) is 0.347. The van der Waals surface area contributed by atoms with Crippen molar-refractivity contribution in [3.05, 3.63) is 83.3 Å². The molecule has 7 heteroatoms. The Kier molecular flexibility index (Phi) is 5.73. The van der Waals surface area contributed by atoms with Crippen LogP contribution >= 0.6 is 0 Å². The lowest BCUT2D eigenvalue weighted by Gasteiger charge is -2.24. The fourth-order valence-corrected chi connectivity index (χ4v) is 3.78. The second kappa shape index (κ2) is 8.63. The molecule has 0 spiro atoms. The van der Waals surface area contributed by atoms with E-state index in [0.29, 0.717) is 40.9 Å². The molecule has 2 heterocycles. The maximum absolute atomic E-state index is 13.2. The number of benzene rings is 2. The van der Waals surface area contributed by atoms with E-state index in [4.69, 9.17) is 13.9 Å². The van der Waals surface area contributed by atoms with Crippen molar-refractivity contribution in [3.63, 3.8) is 0 Å². The number of furan rings is 1. The number of hydrogen-bond acceptors (Lipinski definition) is 6. The number of aliphatic hydroxyl groups is 1. The Bertz CT molecular complexity index is 1210. The zero-order chi connectivity index (χ0) is 22.8. The van der Waals surface area contributed by atoms with Crippen molar-refractivity contribution < 1.29 is 28.6 Å². The van der Waals surface area contributed by atoms with Crippen LogP contribution in [0, 0.1) is 6.92 Å². The zero-order valence-electron chi connectivity index (χ0n) is 18.0. The summed E-state index contributed by atoms with van der Waals surface area (Å²) in [7, 11) is 1.51. The summed E-state index contributed by atoms with van der Waals surface area (Å²) < 4.78 is 16.6. The molecule has 1 aliphatic heterocycles. The average Bonchev–Trinajstić information content (AvgIpc) is 3.34. The van der Waals surface area contributed by atoms with Gasteiger partial charge in [0, 0.05) is 17.3 Å². The monoisotopic (exact) mass is 433 g/mol. The summed E-state index contributed by atoms with van der Waals surface area (Å²) in [5.41, 5.74) is 0.764. The van der Waals surface area contributed by atoms with E-state index in [2.05, 4.69) is 0 Å². The third kappa shape index (κ3) is 3.73. The molecule has 0 radical (unpaired) electrons. The van der Waals surface area contributed by atoms with Gasteiger partial charge >= 0.3 is 0 Å². The Hall–Kier alpha value is -4.00. The number of anilines is 1. The molecular formula is C25H23NO6. The van der Waals surface area contributed by atoms with Crippen LogP contribution in [0.15, 0.2) is 70.7 Å². The number of methoxy groups -OCH3 is 1. The van der Waals surface area contributed by atoms with Crippen LogP contribution in [-0.4, -0.2) is 30.5 Å².